The number of hydrogen-bond donors (Lipinski definition) is 3. The number of aliphatic carboxylic acids is 1. The molecule has 2 aromatic carbocycles. The Morgan fingerprint density at radius 1 is 1.14 bits per heavy atom. The highest BCUT2D eigenvalue weighted by Gasteiger charge is 2.45. The number of nitrogens with zero attached hydrogens (tertiary/aromatic N) is 2. The van der Waals surface area contributed by atoms with Crippen LogP contribution in [0.15, 0.2) is 59.8 Å². The van der Waals surface area contributed by atoms with Crippen LogP contribution < -0.4 is 5.32 Å². The van der Waals surface area contributed by atoms with Gasteiger partial charge in [0.1, 0.15) is 17.8 Å². The quantitative estimate of drug-likeness (QED) is 0.453. The van der Waals surface area contributed by atoms with Gasteiger partial charge < -0.3 is 20.4 Å². The van der Waals surface area contributed by atoms with Gasteiger partial charge in [-0.2, -0.15) is 0 Å². The van der Waals surface area contributed by atoms with E-state index in [1.165, 1.54) is 12.1 Å². The molecule has 1 aliphatic heterocycles. The van der Waals surface area contributed by atoms with Crippen molar-refractivity contribution in [3.05, 3.63) is 70.6 Å². The van der Waals surface area contributed by atoms with E-state index in [9.17, 15) is 29.5 Å². The number of phenols is 1. The second-order valence-corrected chi connectivity index (χ2v) is 6.70. The van der Waals surface area contributed by atoms with Gasteiger partial charge >= 0.3 is 5.97 Å². The predicted octanol–water partition coefficient (Wildman–Crippen LogP) is 1.22. The second-order valence-electron chi connectivity index (χ2n) is 6.70. The van der Waals surface area contributed by atoms with Crippen molar-refractivity contribution in [2.75, 3.05) is 6.54 Å². The Kier molecular flexibility index (Phi) is 5.87. The Morgan fingerprint density at radius 3 is 2.34 bits per heavy atom. The number of nitrogens with one attached hydrogen (secondary N) is 1. The number of amides is 2. The first-order valence-corrected chi connectivity index (χ1v) is 8.89. The molecule has 2 aromatic rings. The number of aromatic hydroxyl groups is 1. The van der Waals surface area contributed by atoms with Crippen molar-refractivity contribution in [1.29, 1.82) is 0 Å². The zero-order valence-corrected chi connectivity index (χ0v) is 15.3. The van der Waals surface area contributed by atoms with Crippen LogP contribution in [0.4, 0.5) is 0 Å². The van der Waals surface area contributed by atoms with Gasteiger partial charge in [-0.25, -0.2) is 4.79 Å². The highest BCUT2D eigenvalue weighted by molar-refractivity contribution is 5.96. The molecular formula is C20H19N3O6. The van der Waals surface area contributed by atoms with Crippen molar-refractivity contribution in [3.63, 3.8) is 0 Å². The Labute approximate surface area is 165 Å². The van der Waals surface area contributed by atoms with Crippen LogP contribution >= 0.6 is 0 Å². The lowest BCUT2D eigenvalue weighted by Gasteiger charge is -2.42. The lowest BCUT2D eigenvalue weighted by Crippen LogP contribution is -2.68. The molecule has 9 nitrogen and oxygen atoms in total. The van der Waals surface area contributed by atoms with Crippen molar-refractivity contribution in [1.82, 2.24) is 10.2 Å². The average molecular weight is 397 g/mol. The number of benzene rings is 2. The van der Waals surface area contributed by atoms with Crippen LogP contribution in [0.25, 0.3) is 0 Å². The summed E-state index contributed by atoms with van der Waals surface area (Å²) in [4.78, 5) is 48.7. The minimum Gasteiger partial charge on any atom is -0.508 e. The molecule has 0 saturated carbocycles. The van der Waals surface area contributed by atoms with Gasteiger partial charge in [-0.3, -0.25) is 9.59 Å². The minimum atomic E-state index is -1.29. The molecule has 150 valence electrons. The van der Waals surface area contributed by atoms with Gasteiger partial charge in [-0.05, 0) is 23.3 Å². The first-order chi connectivity index (χ1) is 13.9. The van der Waals surface area contributed by atoms with E-state index in [0.717, 1.165) is 4.90 Å². The van der Waals surface area contributed by atoms with Crippen LogP contribution in [-0.4, -0.2) is 51.5 Å². The van der Waals surface area contributed by atoms with Crippen molar-refractivity contribution in [2.24, 2.45) is 5.18 Å². The maximum absolute atomic E-state index is 12.4. The number of carbonyl (C=O) groups excluding carboxylic acids is 2. The molecule has 1 aliphatic rings. The summed E-state index contributed by atoms with van der Waals surface area (Å²) in [6.07, 6.45) is 0.0601. The summed E-state index contributed by atoms with van der Waals surface area (Å²) in [5, 5.41) is 24.1. The van der Waals surface area contributed by atoms with E-state index in [2.05, 4.69) is 10.5 Å². The number of nitroso groups, excluding NO2 is 1. The third kappa shape index (κ3) is 4.40. The van der Waals surface area contributed by atoms with E-state index >= 15 is 0 Å². The van der Waals surface area contributed by atoms with Crippen LogP contribution in [0, 0.1) is 4.91 Å². The highest BCUT2D eigenvalue weighted by Crippen LogP contribution is 2.22. The summed E-state index contributed by atoms with van der Waals surface area (Å²) < 4.78 is 0. The normalized spacial score (nSPS) is 17.7. The van der Waals surface area contributed by atoms with Crippen molar-refractivity contribution in [3.8, 4) is 5.75 Å². The van der Waals surface area contributed by atoms with Crippen molar-refractivity contribution >= 4 is 17.8 Å². The van der Waals surface area contributed by atoms with Gasteiger partial charge in [0.05, 0.1) is 6.54 Å². The fourth-order valence-corrected chi connectivity index (χ4v) is 3.17. The molecule has 2 amide bonds. The maximum Gasteiger partial charge on any atom is 0.326 e. The van der Waals surface area contributed by atoms with Crippen molar-refractivity contribution in [2.45, 2.75) is 24.5 Å². The summed E-state index contributed by atoms with van der Waals surface area (Å²) in [5.41, 5.74) is 1.05. The standard InChI is InChI=1S/C20H19N3O6/c24-14-8-6-12(7-9-14)10-16(20(27)28)23-11-15(19(23)26)21-18(25)17(22-29)13-4-2-1-3-5-13/h1-9,15-17,24H,10-11H2,(H,21,25)(H,27,28). The van der Waals surface area contributed by atoms with Gasteiger partial charge in [0.25, 0.3) is 5.91 Å². The zero-order valence-electron chi connectivity index (χ0n) is 15.3. The van der Waals surface area contributed by atoms with Gasteiger partial charge in [0.2, 0.25) is 5.91 Å². The third-order valence-electron chi connectivity index (χ3n) is 4.77. The molecule has 1 fully saturated rings. The number of β-lactam (4-membered cyclic amide) rings is 1. The molecule has 3 atom stereocenters. The smallest absolute Gasteiger partial charge is 0.326 e. The molecule has 3 rings (SSSR count). The lowest BCUT2D eigenvalue weighted by molar-refractivity contribution is -0.159. The zero-order chi connectivity index (χ0) is 21.0. The minimum absolute atomic E-state index is 0.0139. The number of rotatable bonds is 8. The lowest BCUT2D eigenvalue weighted by atomic mass is 9.97. The predicted molar refractivity (Wildman–Crippen MR) is 102 cm³/mol. The Hall–Kier alpha value is -3.75. The highest BCUT2D eigenvalue weighted by atomic mass is 16.4. The van der Waals surface area contributed by atoms with E-state index in [1.807, 2.05) is 0 Å². The number of likely N-dealkylation sites (tertiary alicyclic amines) is 1. The molecule has 0 aromatic heterocycles. The van der Waals surface area contributed by atoms with Crippen LogP contribution in [-0.2, 0) is 20.8 Å². The first kappa shape index (κ1) is 20.0. The number of hydrogen-bond acceptors (Lipinski definition) is 6. The Balaban J connectivity index is 1.63. The second kappa shape index (κ2) is 8.51. The molecule has 9 heteroatoms. The molecular weight excluding hydrogens is 378 g/mol. The SMILES string of the molecule is O=NC(C(=O)NC1CN(C(Cc2ccc(O)cc2)C(=O)O)C1=O)c1ccccc1. The molecule has 0 spiro atoms. The maximum atomic E-state index is 12.4. The van der Waals surface area contributed by atoms with E-state index in [1.54, 1.807) is 42.5 Å². The van der Waals surface area contributed by atoms with Gasteiger partial charge in [0.15, 0.2) is 6.04 Å². The summed E-state index contributed by atoms with van der Waals surface area (Å²) >= 11 is 0. The molecule has 1 saturated heterocycles. The molecule has 0 radical (unpaired) electrons. The van der Waals surface area contributed by atoms with Gasteiger partial charge in [0, 0.05) is 6.42 Å². The number of phenolic OH excluding ortho intramolecular Hbond substituents is 1. The van der Waals surface area contributed by atoms with Crippen LogP contribution in [0.3, 0.4) is 0 Å². The van der Waals surface area contributed by atoms with E-state index < -0.39 is 35.9 Å². The van der Waals surface area contributed by atoms with Gasteiger partial charge in [-0.15, -0.1) is 4.91 Å². The summed E-state index contributed by atoms with van der Waals surface area (Å²) in [7, 11) is 0. The first-order valence-electron chi connectivity index (χ1n) is 8.89. The molecule has 3 N–H and O–H groups in total. The average Bonchev–Trinajstić information content (AvgIpc) is 2.72. The van der Waals surface area contributed by atoms with Crippen molar-refractivity contribution < 1.29 is 24.6 Å². The number of carboxylic acids is 1. The monoisotopic (exact) mass is 397 g/mol. The van der Waals surface area contributed by atoms with Gasteiger partial charge in [-0.1, -0.05) is 47.6 Å². The third-order valence-corrected chi connectivity index (χ3v) is 4.77. The van der Waals surface area contributed by atoms with E-state index in [0.29, 0.717) is 11.1 Å². The van der Waals surface area contributed by atoms with Crippen LogP contribution in [0.5, 0.6) is 5.75 Å². The fourth-order valence-electron chi connectivity index (χ4n) is 3.17. The molecule has 0 bridgehead atoms. The van der Waals surface area contributed by atoms with E-state index in [-0.39, 0.29) is 18.7 Å². The molecule has 3 unspecified atom stereocenters. The molecule has 1 heterocycles. The molecule has 0 aliphatic carbocycles. The van der Waals surface area contributed by atoms with Crippen LogP contribution in [0.1, 0.15) is 17.2 Å². The summed E-state index contributed by atoms with van der Waals surface area (Å²) in [5.74, 6) is -2.37. The largest absolute Gasteiger partial charge is 0.508 e. The van der Waals surface area contributed by atoms with E-state index in [4.69, 9.17) is 0 Å². The number of carboxylic acid groups (broad SMARTS) is 1. The Morgan fingerprint density at radius 2 is 1.79 bits per heavy atom. The van der Waals surface area contributed by atoms with Crippen LogP contribution in [0.2, 0.25) is 0 Å². The topological polar surface area (TPSA) is 136 Å². The summed E-state index contributed by atoms with van der Waals surface area (Å²) in [6.45, 7) is 0.0139. The number of carbonyl (C=O) groups is 3. The molecule has 29 heavy (non-hydrogen) atoms. The Bertz CT molecular complexity index is 916. The fraction of sp³-hybridized carbons (Fsp3) is 0.250. The summed E-state index contributed by atoms with van der Waals surface area (Å²) in [6, 6.07) is 11.0.